The van der Waals surface area contributed by atoms with Gasteiger partial charge >= 0.3 is 0 Å². The molecule has 0 bridgehead atoms. The molecule has 0 spiro atoms. The van der Waals surface area contributed by atoms with E-state index in [-0.39, 0.29) is 5.84 Å². The average molecular weight is 208 g/mol. The summed E-state index contributed by atoms with van der Waals surface area (Å²) in [6.45, 7) is 0. The van der Waals surface area contributed by atoms with Crippen LogP contribution in [-0.2, 0) is 6.42 Å². The highest BCUT2D eigenvalue weighted by atomic mass is 14.7. The molecule has 0 radical (unpaired) electrons. The minimum Gasteiger partial charge on any atom is -0.384 e. The Hall–Kier alpha value is -2.09. The minimum atomic E-state index is 0.147. The van der Waals surface area contributed by atoms with Crippen LogP contribution in [0.1, 0.15) is 16.7 Å². The Bertz CT molecular complexity index is 585. The molecule has 0 atom stereocenters. The van der Waals surface area contributed by atoms with Crippen molar-refractivity contribution in [3.05, 3.63) is 59.2 Å². The second-order valence-electron chi connectivity index (χ2n) is 4.09. The maximum atomic E-state index is 7.62. The number of nitrogens with one attached hydrogen (secondary N) is 1. The van der Waals surface area contributed by atoms with E-state index in [1.807, 2.05) is 18.2 Å². The van der Waals surface area contributed by atoms with Crippen molar-refractivity contribution in [1.29, 1.82) is 5.41 Å². The van der Waals surface area contributed by atoms with Gasteiger partial charge in [0.2, 0.25) is 0 Å². The molecule has 1 aliphatic rings. The molecule has 2 aromatic carbocycles. The summed E-state index contributed by atoms with van der Waals surface area (Å²) in [7, 11) is 0. The fourth-order valence-electron chi connectivity index (χ4n) is 2.41. The molecule has 2 heteroatoms. The van der Waals surface area contributed by atoms with Crippen LogP contribution in [0.3, 0.4) is 0 Å². The molecule has 0 aliphatic heterocycles. The van der Waals surface area contributed by atoms with Crippen LogP contribution >= 0.6 is 0 Å². The number of amidine groups is 1. The molecule has 0 aromatic heterocycles. The third-order valence-corrected chi connectivity index (χ3v) is 3.11. The van der Waals surface area contributed by atoms with Crippen molar-refractivity contribution in [1.82, 2.24) is 0 Å². The summed E-state index contributed by atoms with van der Waals surface area (Å²) in [5.41, 5.74) is 11.4. The summed E-state index contributed by atoms with van der Waals surface area (Å²) >= 11 is 0. The number of hydrogen-bond acceptors (Lipinski definition) is 1. The zero-order valence-corrected chi connectivity index (χ0v) is 8.83. The Labute approximate surface area is 94.2 Å². The maximum absolute atomic E-state index is 7.62. The van der Waals surface area contributed by atoms with E-state index in [4.69, 9.17) is 11.1 Å². The first-order valence-electron chi connectivity index (χ1n) is 5.32. The van der Waals surface area contributed by atoms with Crippen molar-refractivity contribution in [2.75, 3.05) is 0 Å². The van der Waals surface area contributed by atoms with E-state index in [1.54, 1.807) is 0 Å². The van der Waals surface area contributed by atoms with E-state index in [9.17, 15) is 0 Å². The van der Waals surface area contributed by atoms with Crippen LogP contribution in [0, 0.1) is 5.41 Å². The maximum Gasteiger partial charge on any atom is 0.123 e. The lowest BCUT2D eigenvalue weighted by Crippen LogP contribution is -2.12. The predicted octanol–water partition coefficient (Wildman–Crippen LogP) is 2.54. The highest BCUT2D eigenvalue weighted by molar-refractivity contribution is 6.03. The lowest BCUT2D eigenvalue weighted by atomic mass is 9.99. The van der Waals surface area contributed by atoms with Gasteiger partial charge in [-0.2, -0.15) is 0 Å². The number of fused-ring (bicyclic) bond motifs is 3. The van der Waals surface area contributed by atoms with Gasteiger partial charge in [0.05, 0.1) is 0 Å². The van der Waals surface area contributed by atoms with Gasteiger partial charge in [0.25, 0.3) is 0 Å². The molecule has 78 valence electrons. The first-order valence-corrected chi connectivity index (χ1v) is 5.32. The number of benzene rings is 2. The van der Waals surface area contributed by atoms with Gasteiger partial charge < -0.3 is 5.73 Å². The Morgan fingerprint density at radius 1 is 1.00 bits per heavy atom. The van der Waals surface area contributed by atoms with Crippen LogP contribution in [0.25, 0.3) is 11.1 Å². The van der Waals surface area contributed by atoms with Gasteiger partial charge in [-0.3, -0.25) is 5.41 Å². The normalized spacial score (nSPS) is 12.0. The van der Waals surface area contributed by atoms with Gasteiger partial charge in [0.1, 0.15) is 5.84 Å². The molecule has 3 N–H and O–H groups in total. The fourth-order valence-corrected chi connectivity index (χ4v) is 2.41. The molecule has 0 fully saturated rings. The van der Waals surface area contributed by atoms with Crippen LogP contribution in [0.15, 0.2) is 42.5 Å². The molecular weight excluding hydrogens is 196 g/mol. The summed E-state index contributed by atoms with van der Waals surface area (Å²) < 4.78 is 0. The second kappa shape index (κ2) is 3.20. The molecule has 0 amide bonds. The van der Waals surface area contributed by atoms with Crippen molar-refractivity contribution in [2.45, 2.75) is 6.42 Å². The quantitative estimate of drug-likeness (QED) is 0.468. The van der Waals surface area contributed by atoms with Crippen LogP contribution in [0.5, 0.6) is 0 Å². The lowest BCUT2D eigenvalue weighted by molar-refractivity contribution is 1.26. The molecular formula is C14H12N2. The first-order chi connectivity index (χ1) is 7.77. The molecule has 1 aliphatic carbocycles. The Morgan fingerprint density at radius 2 is 1.75 bits per heavy atom. The molecule has 2 nitrogen and oxygen atoms in total. The van der Waals surface area contributed by atoms with E-state index in [1.165, 1.54) is 16.7 Å². The Kier molecular flexibility index (Phi) is 1.83. The number of hydrogen-bond donors (Lipinski definition) is 2. The second-order valence-corrected chi connectivity index (χ2v) is 4.09. The van der Waals surface area contributed by atoms with Crippen LogP contribution in [0.4, 0.5) is 0 Å². The lowest BCUT2D eigenvalue weighted by Gasteiger charge is -2.07. The van der Waals surface area contributed by atoms with E-state index in [0.29, 0.717) is 0 Å². The summed E-state index contributed by atoms with van der Waals surface area (Å²) in [5, 5.41) is 7.62. The zero-order valence-electron chi connectivity index (χ0n) is 8.83. The van der Waals surface area contributed by atoms with E-state index >= 15 is 0 Å². The van der Waals surface area contributed by atoms with Crippen molar-refractivity contribution < 1.29 is 0 Å². The molecule has 2 aromatic rings. The van der Waals surface area contributed by atoms with Crippen LogP contribution < -0.4 is 5.73 Å². The van der Waals surface area contributed by atoms with E-state index in [0.717, 1.165) is 17.5 Å². The Balaban J connectivity index is 2.33. The number of rotatable bonds is 1. The van der Waals surface area contributed by atoms with Crippen molar-refractivity contribution in [3.8, 4) is 11.1 Å². The van der Waals surface area contributed by atoms with Crippen LogP contribution in [-0.4, -0.2) is 5.84 Å². The summed E-state index contributed by atoms with van der Waals surface area (Å²) in [6, 6.07) is 14.3. The molecule has 3 rings (SSSR count). The number of nitrogen functional groups attached to an aromatic ring is 1. The molecule has 16 heavy (non-hydrogen) atoms. The van der Waals surface area contributed by atoms with Crippen molar-refractivity contribution >= 4 is 5.84 Å². The van der Waals surface area contributed by atoms with Gasteiger partial charge in [-0.15, -0.1) is 0 Å². The van der Waals surface area contributed by atoms with Crippen molar-refractivity contribution in [2.24, 2.45) is 5.73 Å². The largest absolute Gasteiger partial charge is 0.384 e. The third-order valence-electron chi connectivity index (χ3n) is 3.11. The third kappa shape index (κ3) is 1.16. The SMILES string of the molecule is N=C(N)c1cccc2c1-c1ccccc1C2. The monoisotopic (exact) mass is 208 g/mol. The molecule has 0 saturated heterocycles. The average Bonchev–Trinajstić information content (AvgIpc) is 2.66. The summed E-state index contributed by atoms with van der Waals surface area (Å²) in [5.74, 6) is 0.147. The Morgan fingerprint density at radius 3 is 2.56 bits per heavy atom. The fraction of sp³-hybridized carbons (Fsp3) is 0.0714. The molecule has 0 unspecified atom stereocenters. The van der Waals surface area contributed by atoms with Gasteiger partial charge in [0, 0.05) is 5.56 Å². The molecule has 0 saturated carbocycles. The molecule has 0 heterocycles. The zero-order chi connectivity index (χ0) is 11.1. The number of nitrogens with two attached hydrogens (primary N) is 1. The highest BCUT2D eigenvalue weighted by Gasteiger charge is 2.21. The first kappa shape index (κ1) is 9.16. The predicted molar refractivity (Wildman–Crippen MR) is 65.7 cm³/mol. The van der Waals surface area contributed by atoms with Crippen LogP contribution in [0.2, 0.25) is 0 Å². The van der Waals surface area contributed by atoms with Gasteiger partial charge in [-0.05, 0) is 28.7 Å². The smallest absolute Gasteiger partial charge is 0.123 e. The summed E-state index contributed by atoms with van der Waals surface area (Å²) in [6.07, 6.45) is 0.951. The van der Waals surface area contributed by atoms with Gasteiger partial charge in [-0.1, -0.05) is 42.5 Å². The minimum absolute atomic E-state index is 0.147. The van der Waals surface area contributed by atoms with Crippen molar-refractivity contribution in [3.63, 3.8) is 0 Å². The summed E-state index contributed by atoms with van der Waals surface area (Å²) in [4.78, 5) is 0. The topological polar surface area (TPSA) is 49.9 Å². The standard InChI is InChI=1S/C14H12N2/c15-14(16)12-7-3-5-10-8-9-4-1-2-6-11(9)13(10)12/h1-7H,8H2,(H3,15,16). The van der Waals surface area contributed by atoms with Gasteiger partial charge in [0.15, 0.2) is 0 Å². The van der Waals surface area contributed by atoms with E-state index in [2.05, 4.69) is 24.3 Å². The highest BCUT2D eigenvalue weighted by Crippen LogP contribution is 2.38. The van der Waals surface area contributed by atoms with E-state index < -0.39 is 0 Å². The van der Waals surface area contributed by atoms with Gasteiger partial charge in [-0.25, -0.2) is 0 Å².